The Bertz CT molecular complexity index is 1840. The van der Waals surface area contributed by atoms with E-state index in [9.17, 15) is 43.2 Å². The molecule has 2 unspecified atom stereocenters. The predicted molar refractivity (Wildman–Crippen MR) is 391 cm³/mol. The van der Waals surface area contributed by atoms with Crippen molar-refractivity contribution >= 4 is 39.5 Å². The number of hydrogen-bond acceptors (Lipinski definition) is 15. The molecule has 0 aliphatic heterocycles. The SMILES string of the molecule is CCCCCCCCCCCCCCCCCCCCCCCC(=O)O[C@H](COC(=O)CCCCCCCCCCCCCCC(C)C)COP(=O)(O)OC[C@@H](O)COP(=O)(O)OC[C@@H](COC(=O)CCCCCCCCCCC)OC(=O)CCCCCCCCCCCCC. The zero-order valence-electron chi connectivity index (χ0n) is 62.5. The van der Waals surface area contributed by atoms with E-state index in [2.05, 4.69) is 34.6 Å². The summed E-state index contributed by atoms with van der Waals surface area (Å²) < 4.78 is 68.5. The van der Waals surface area contributed by atoms with Crippen molar-refractivity contribution < 1.29 is 80.2 Å². The molecular weight excluding hydrogens is 1260 g/mol. The minimum Gasteiger partial charge on any atom is -0.462 e. The van der Waals surface area contributed by atoms with Crippen molar-refractivity contribution in [2.75, 3.05) is 39.6 Å². The monoisotopic (exact) mass is 1410 g/mol. The van der Waals surface area contributed by atoms with Gasteiger partial charge in [-0.25, -0.2) is 9.13 Å². The number of phosphoric ester groups is 2. The van der Waals surface area contributed by atoms with Crippen molar-refractivity contribution in [1.82, 2.24) is 0 Å². The van der Waals surface area contributed by atoms with Gasteiger partial charge in [0.15, 0.2) is 12.2 Å². The third-order valence-corrected chi connectivity index (χ3v) is 19.9. The molecule has 0 heterocycles. The lowest BCUT2D eigenvalue weighted by atomic mass is 10.0. The molecule has 0 fully saturated rings. The summed E-state index contributed by atoms with van der Waals surface area (Å²) in [6.07, 6.45) is 59.7. The van der Waals surface area contributed by atoms with E-state index in [0.717, 1.165) is 95.8 Å². The first-order chi connectivity index (χ1) is 46.5. The van der Waals surface area contributed by atoms with Gasteiger partial charge in [0.25, 0.3) is 0 Å². The van der Waals surface area contributed by atoms with E-state index in [1.165, 1.54) is 231 Å². The molecule has 570 valence electrons. The Balaban J connectivity index is 5.19. The largest absolute Gasteiger partial charge is 0.472 e. The van der Waals surface area contributed by atoms with Crippen LogP contribution in [0, 0.1) is 5.92 Å². The lowest BCUT2D eigenvalue weighted by molar-refractivity contribution is -0.161. The smallest absolute Gasteiger partial charge is 0.462 e. The molecule has 3 N–H and O–H groups in total. The summed E-state index contributed by atoms with van der Waals surface area (Å²) in [5.74, 6) is -1.33. The lowest BCUT2D eigenvalue weighted by Gasteiger charge is -2.21. The molecule has 0 bridgehead atoms. The molecule has 0 aliphatic carbocycles. The zero-order chi connectivity index (χ0) is 70.5. The number of aliphatic hydroxyl groups is 1. The maximum Gasteiger partial charge on any atom is 0.472 e. The number of ether oxygens (including phenoxy) is 4. The van der Waals surface area contributed by atoms with Crippen molar-refractivity contribution in [1.29, 1.82) is 0 Å². The molecule has 17 nitrogen and oxygen atoms in total. The Hall–Kier alpha value is -1.94. The van der Waals surface area contributed by atoms with Crippen LogP contribution in [0.15, 0.2) is 0 Å². The van der Waals surface area contributed by atoms with Crippen LogP contribution < -0.4 is 0 Å². The third-order valence-electron chi connectivity index (χ3n) is 18.0. The number of hydrogen-bond donors (Lipinski definition) is 3. The van der Waals surface area contributed by atoms with Crippen LogP contribution in [0.25, 0.3) is 0 Å². The zero-order valence-corrected chi connectivity index (χ0v) is 64.3. The minimum absolute atomic E-state index is 0.107. The number of aliphatic hydroxyl groups excluding tert-OH is 1. The average molecular weight is 1410 g/mol. The maximum absolute atomic E-state index is 13.1. The molecule has 0 aromatic carbocycles. The van der Waals surface area contributed by atoms with Crippen molar-refractivity contribution in [3.05, 3.63) is 0 Å². The van der Waals surface area contributed by atoms with E-state index < -0.39 is 97.5 Å². The molecule has 0 saturated heterocycles. The highest BCUT2D eigenvalue weighted by Gasteiger charge is 2.30. The van der Waals surface area contributed by atoms with E-state index in [4.69, 9.17) is 37.0 Å². The first kappa shape index (κ1) is 94.1. The molecule has 0 saturated carbocycles. The molecular formula is C77H150O17P2. The fourth-order valence-electron chi connectivity index (χ4n) is 11.9. The number of esters is 4. The van der Waals surface area contributed by atoms with E-state index in [1.54, 1.807) is 0 Å². The fourth-order valence-corrected chi connectivity index (χ4v) is 13.5. The quantitative estimate of drug-likeness (QED) is 0.0222. The molecule has 5 atom stereocenters. The average Bonchev–Trinajstić information content (AvgIpc) is 3.15. The molecule has 0 spiro atoms. The van der Waals surface area contributed by atoms with Crippen LogP contribution in [-0.4, -0.2) is 96.7 Å². The second-order valence-electron chi connectivity index (χ2n) is 28.2. The Morgan fingerprint density at radius 2 is 0.479 bits per heavy atom. The van der Waals surface area contributed by atoms with Gasteiger partial charge in [0.2, 0.25) is 0 Å². The van der Waals surface area contributed by atoms with Gasteiger partial charge in [0.05, 0.1) is 26.4 Å². The molecule has 0 radical (unpaired) electrons. The molecule has 0 amide bonds. The number of rotatable bonds is 77. The molecule has 19 heteroatoms. The van der Waals surface area contributed by atoms with E-state index in [0.29, 0.717) is 25.7 Å². The number of phosphoric acid groups is 2. The highest BCUT2D eigenvalue weighted by atomic mass is 31.2. The first-order valence-electron chi connectivity index (χ1n) is 40.1. The van der Waals surface area contributed by atoms with Gasteiger partial charge in [0, 0.05) is 25.7 Å². The van der Waals surface area contributed by atoms with E-state index in [1.807, 2.05) is 0 Å². The van der Waals surface area contributed by atoms with E-state index >= 15 is 0 Å². The van der Waals surface area contributed by atoms with Crippen molar-refractivity contribution in [3.63, 3.8) is 0 Å². The van der Waals surface area contributed by atoms with Crippen LogP contribution >= 0.6 is 15.6 Å². The highest BCUT2D eigenvalue weighted by molar-refractivity contribution is 7.47. The summed E-state index contributed by atoms with van der Waals surface area (Å²) in [7, 11) is -9.91. The lowest BCUT2D eigenvalue weighted by Crippen LogP contribution is -2.30. The van der Waals surface area contributed by atoms with Crippen LogP contribution in [0.4, 0.5) is 0 Å². The molecule has 0 aromatic rings. The number of carbonyl (C=O) groups excluding carboxylic acids is 4. The second kappa shape index (κ2) is 70.1. The van der Waals surface area contributed by atoms with E-state index in [-0.39, 0.29) is 25.7 Å². The summed E-state index contributed by atoms with van der Waals surface area (Å²) in [6.45, 7) is 7.29. The highest BCUT2D eigenvalue weighted by Crippen LogP contribution is 2.45. The van der Waals surface area contributed by atoms with Gasteiger partial charge in [-0.2, -0.15) is 0 Å². The summed E-state index contributed by atoms with van der Waals surface area (Å²) in [6, 6.07) is 0. The van der Waals surface area contributed by atoms with Crippen LogP contribution in [0.1, 0.15) is 407 Å². The molecule has 96 heavy (non-hydrogen) atoms. The van der Waals surface area contributed by atoms with Crippen LogP contribution in [0.5, 0.6) is 0 Å². The summed E-state index contributed by atoms with van der Waals surface area (Å²) in [5, 5.41) is 10.6. The summed E-state index contributed by atoms with van der Waals surface area (Å²) >= 11 is 0. The van der Waals surface area contributed by atoms with Gasteiger partial charge < -0.3 is 33.8 Å². The van der Waals surface area contributed by atoms with Crippen molar-refractivity contribution in [2.45, 2.75) is 425 Å². The standard InChI is InChI=1S/C77H150O17P2/c1-6-9-12-15-18-21-23-24-25-26-27-28-29-30-31-32-38-43-48-53-58-63-77(82)94-73(67-88-75(80)61-56-51-46-41-37-34-33-36-40-44-49-54-59-70(4)5)69-92-96(85,86)90-65-71(78)64-89-95(83,84)91-68-72(66-87-74(79)60-55-50-45-39-20-17-14-11-8-3)93-76(81)62-57-52-47-42-35-22-19-16-13-10-7-2/h70-73,78H,6-69H2,1-5H3,(H,83,84)(H,85,86)/t71-,72+,73+/m0/s1. The van der Waals surface area contributed by atoms with Crippen molar-refractivity contribution in [3.8, 4) is 0 Å². The van der Waals surface area contributed by atoms with Gasteiger partial charge in [-0.3, -0.25) is 37.3 Å². The number of unbranched alkanes of at least 4 members (excludes halogenated alkanes) is 49. The maximum atomic E-state index is 13.1. The third kappa shape index (κ3) is 70.5. The van der Waals surface area contributed by atoms with Gasteiger partial charge in [0.1, 0.15) is 19.3 Å². The second-order valence-corrected chi connectivity index (χ2v) is 31.1. The minimum atomic E-state index is -4.96. The van der Waals surface area contributed by atoms with Gasteiger partial charge in [-0.05, 0) is 31.6 Å². The first-order valence-corrected chi connectivity index (χ1v) is 43.1. The van der Waals surface area contributed by atoms with Gasteiger partial charge >= 0.3 is 39.5 Å². The molecule has 0 aromatic heterocycles. The Labute approximate surface area is 588 Å². The predicted octanol–water partition coefficient (Wildman–Crippen LogP) is 22.9. The molecule has 0 aliphatic rings. The molecule has 0 rings (SSSR count). The van der Waals surface area contributed by atoms with Crippen LogP contribution in [-0.2, 0) is 65.4 Å². The normalized spacial score (nSPS) is 13.9. The summed E-state index contributed by atoms with van der Waals surface area (Å²) in [5.41, 5.74) is 0. The van der Waals surface area contributed by atoms with Crippen LogP contribution in [0.3, 0.4) is 0 Å². The Morgan fingerprint density at radius 3 is 0.708 bits per heavy atom. The number of carbonyl (C=O) groups is 4. The Morgan fingerprint density at radius 1 is 0.281 bits per heavy atom. The fraction of sp³-hybridized carbons (Fsp3) is 0.948. The Kier molecular flexibility index (Phi) is 68.7. The van der Waals surface area contributed by atoms with Gasteiger partial charge in [-0.1, -0.05) is 356 Å². The van der Waals surface area contributed by atoms with Crippen LogP contribution in [0.2, 0.25) is 0 Å². The van der Waals surface area contributed by atoms with Gasteiger partial charge in [-0.15, -0.1) is 0 Å². The van der Waals surface area contributed by atoms with Crippen molar-refractivity contribution in [2.24, 2.45) is 5.92 Å². The topological polar surface area (TPSA) is 237 Å². The summed E-state index contributed by atoms with van der Waals surface area (Å²) in [4.78, 5) is 72.7.